The molecule has 0 aliphatic heterocycles. The molecule has 0 radical (unpaired) electrons. The Bertz CT molecular complexity index is 331. The van der Waals surface area contributed by atoms with Crippen LogP contribution >= 0.6 is 0 Å². The molecule has 0 aliphatic rings. The summed E-state index contributed by atoms with van der Waals surface area (Å²) in [6.07, 6.45) is 7.64. The van der Waals surface area contributed by atoms with Gasteiger partial charge in [0, 0.05) is 19.3 Å². The Morgan fingerprint density at radius 2 is 2.00 bits per heavy atom. The second-order valence-electron chi connectivity index (χ2n) is 5.13. The number of nitrogens with one attached hydrogen (secondary N) is 1. The second kappa shape index (κ2) is 9.10. The van der Waals surface area contributed by atoms with E-state index in [1.807, 2.05) is 17.9 Å². The van der Waals surface area contributed by atoms with Crippen molar-refractivity contribution in [1.82, 2.24) is 20.0 Å². The number of nitrogens with zero attached hydrogens (tertiary/aromatic N) is 3. The van der Waals surface area contributed by atoms with Crippen LogP contribution < -0.4 is 5.32 Å². The zero-order valence-corrected chi connectivity index (χ0v) is 13.0. The lowest BCUT2D eigenvalue weighted by molar-refractivity contribution is 0.278. The van der Waals surface area contributed by atoms with E-state index in [1.54, 1.807) is 0 Å². The largest absolute Gasteiger partial charge is 0.314 e. The van der Waals surface area contributed by atoms with Crippen LogP contribution in [0.1, 0.15) is 39.2 Å². The number of aromatic nitrogens is 2. The second-order valence-corrected chi connectivity index (χ2v) is 5.13. The molecule has 0 saturated carbocycles. The van der Waals surface area contributed by atoms with Crippen molar-refractivity contribution in [3.05, 3.63) is 18.0 Å². The molecule has 1 unspecified atom stereocenters. The van der Waals surface area contributed by atoms with E-state index < -0.39 is 0 Å². The highest BCUT2D eigenvalue weighted by Gasteiger charge is 2.10. The molecule has 0 aliphatic carbocycles. The third kappa shape index (κ3) is 6.21. The fourth-order valence-electron chi connectivity index (χ4n) is 2.46. The summed E-state index contributed by atoms with van der Waals surface area (Å²) in [5.41, 5.74) is 1.34. The van der Waals surface area contributed by atoms with Crippen LogP contribution in [0.3, 0.4) is 0 Å². The lowest BCUT2D eigenvalue weighted by Crippen LogP contribution is -2.34. The Labute approximate surface area is 118 Å². The summed E-state index contributed by atoms with van der Waals surface area (Å²) in [6.45, 7) is 11.2. The van der Waals surface area contributed by atoms with Crippen LogP contribution in [0, 0.1) is 0 Å². The summed E-state index contributed by atoms with van der Waals surface area (Å²) < 4.78 is 1.88. The molecule has 0 fully saturated rings. The van der Waals surface area contributed by atoms with Gasteiger partial charge in [0.15, 0.2) is 0 Å². The van der Waals surface area contributed by atoms with Crippen molar-refractivity contribution in [2.24, 2.45) is 7.05 Å². The summed E-state index contributed by atoms with van der Waals surface area (Å²) in [6, 6.07) is 0.616. The molecule has 0 spiro atoms. The third-order valence-corrected chi connectivity index (χ3v) is 3.72. The van der Waals surface area contributed by atoms with Crippen molar-refractivity contribution in [2.45, 2.75) is 46.1 Å². The number of aryl methyl sites for hydroxylation is 2. The molecule has 1 atom stereocenters. The highest BCUT2D eigenvalue weighted by molar-refractivity contribution is 5.03. The molecule has 4 nitrogen and oxygen atoms in total. The average molecular weight is 266 g/mol. The fourth-order valence-corrected chi connectivity index (χ4v) is 2.46. The first-order valence-corrected chi connectivity index (χ1v) is 7.62. The molecule has 4 heteroatoms. The summed E-state index contributed by atoms with van der Waals surface area (Å²) in [5, 5.41) is 7.84. The third-order valence-electron chi connectivity index (χ3n) is 3.72. The number of rotatable bonds is 10. The van der Waals surface area contributed by atoms with Crippen molar-refractivity contribution < 1.29 is 0 Å². The van der Waals surface area contributed by atoms with Crippen LogP contribution in [0.15, 0.2) is 12.4 Å². The zero-order valence-electron chi connectivity index (χ0n) is 13.0. The molecule has 0 saturated heterocycles. The molecule has 110 valence electrons. The lowest BCUT2D eigenvalue weighted by Gasteiger charge is -2.23. The Kier molecular flexibility index (Phi) is 7.75. The van der Waals surface area contributed by atoms with Crippen molar-refractivity contribution in [3.63, 3.8) is 0 Å². The minimum Gasteiger partial charge on any atom is -0.314 e. The molecule has 1 aromatic heterocycles. The van der Waals surface area contributed by atoms with E-state index in [9.17, 15) is 0 Å². The maximum Gasteiger partial charge on any atom is 0.0521 e. The quantitative estimate of drug-likeness (QED) is 0.704. The van der Waals surface area contributed by atoms with E-state index >= 15 is 0 Å². The van der Waals surface area contributed by atoms with Gasteiger partial charge in [-0.1, -0.05) is 20.8 Å². The van der Waals surface area contributed by atoms with E-state index in [-0.39, 0.29) is 0 Å². The number of hydrogen-bond acceptors (Lipinski definition) is 3. The maximum absolute atomic E-state index is 4.23. The smallest absolute Gasteiger partial charge is 0.0521 e. The Morgan fingerprint density at radius 1 is 1.26 bits per heavy atom. The van der Waals surface area contributed by atoms with Crippen molar-refractivity contribution >= 4 is 0 Å². The molecule has 1 N–H and O–H groups in total. The summed E-state index contributed by atoms with van der Waals surface area (Å²) in [7, 11) is 1.98. The van der Waals surface area contributed by atoms with Crippen molar-refractivity contribution in [2.75, 3.05) is 26.2 Å². The monoisotopic (exact) mass is 266 g/mol. The molecule has 19 heavy (non-hydrogen) atoms. The zero-order chi connectivity index (χ0) is 14.1. The molecule has 1 heterocycles. The summed E-state index contributed by atoms with van der Waals surface area (Å²) >= 11 is 0. The van der Waals surface area contributed by atoms with Gasteiger partial charge in [-0.3, -0.25) is 4.68 Å². The van der Waals surface area contributed by atoms with Crippen molar-refractivity contribution in [3.8, 4) is 0 Å². The topological polar surface area (TPSA) is 33.1 Å². The average Bonchev–Trinajstić information content (AvgIpc) is 2.82. The minimum absolute atomic E-state index is 0.616. The van der Waals surface area contributed by atoms with E-state index in [0.29, 0.717) is 6.04 Å². The van der Waals surface area contributed by atoms with E-state index in [1.165, 1.54) is 24.9 Å². The minimum atomic E-state index is 0.616. The van der Waals surface area contributed by atoms with Gasteiger partial charge in [-0.15, -0.1) is 0 Å². The maximum atomic E-state index is 4.23. The molecular formula is C15H30N4. The van der Waals surface area contributed by atoms with Crippen LogP contribution in [0.2, 0.25) is 0 Å². The van der Waals surface area contributed by atoms with Crippen LogP contribution in [0.5, 0.6) is 0 Å². The van der Waals surface area contributed by atoms with Crippen molar-refractivity contribution in [1.29, 1.82) is 0 Å². The SMILES string of the molecule is CCNC(CCc1cnn(C)c1)CCN(CC)CC. The van der Waals surface area contributed by atoms with E-state index in [4.69, 9.17) is 0 Å². The van der Waals surface area contributed by atoms with Gasteiger partial charge in [0.05, 0.1) is 6.20 Å². The molecule has 1 aromatic rings. The van der Waals surface area contributed by atoms with Crippen LogP contribution in [0.25, 0.3) is 0 Å². The highest BCUT2D eigenvalue weighted by atomic mass is 15.2. The first kappa shape index (κ1) is 16.2. The normalized spacial score (nSPS) is 13.1. The molecule has 0 bridgehead atoms. The highest BCUT2D eigenvalue weighted by Crippen LogP contribution is 2.07. The predicted molar refractivity (Wildman–Crippen MR) is 81.4 cm³/mol. The first-order chi connectivity index (χ1) is 9.19. The van der Waals surface area contributed by atoms with Crippen LogP contribution in [-0.4, -0.2) is 46.9 Å². The van der Waals surface area contributed by atoms with Crippen LogP contribution in [-0.2, 0) is 13.5 Å². The van der Waals surface area contributed by atoms with E-state index in [2.05, 4.69) is 42.3 Å². The first-order valence-electron chi connectivity index (χ1n) is 7.62. The molecule has 0 aromatic carbocycles. The summed E-state index contributed by atoms with van der Waals surface area (Å²) in [4.78, 5) is 2.49. The molecule has 1 rings (SSSR count). The fraction of sp³-hybridized carbons (Fsp3) is 0.800. The van der Waals surface area contributed by atoms with Gasteiger partial charge < -0.3 is 10.2 Å². The Morgan fingerprint density at radius 3 is 2.53 bits per heavy atom. The van der Waals surface area contributed by atoms with Crippen LogP contribution in [0.4, 0.5) is 0 Å². The van der Waals surface area contributed by atoms with E-state index in [0.717, 1.165) is 26.1 Å². The molecule has 0 amide bonds. The summed E-state index contributed by atoms with van der Waals surface area (Å²) in [5.74, 6) is 0. The van der Waals surface area contributed by atoms with Gasteiger partial charge >= 0.3 is 0 Å². The molecular weight excluding hydrogens is 236 g/mol. The lowest BCUT2D eigenvalue weighted by atomic mass is 10.0. The number of hydrogen-bond donors (Lipinski definition) is 1. The van der Waals surface area contributed by atoms with Gasteiger partial charge in [0.1, 0.15) is 0 Å². The van der Waals surface area contributed by atoms with Gasteiger partial charge in [0.2, 0.25) is 0 Å². The van der Waals surface area contributed by atoms with Gasteiger partial charge in [-0.25, -0.2) is 0 Å². The van der Waals surface area contributed by atoms with Gasteiger partial charge in [0.25, 0.3) is 0 Å². The van der Waals surface area contributed by atoms with Gasteiger partial charge in [-0.2, -0.15) is 5.10 Å². The Hall–Kier alpha value is -0.870. The standard InChI is InChI=1S/C15H30N4/c1-5-16-15(10-11-19(6-2)7-3)9-8-14-12-17-18(4)13-14/h12-13,15-16H,5-11H2,1-4H3. The van der Waals surface area contributed by atoms with Gasteiger partial charge in [-0.05, 0) is 51.0 Å². The Balaban J connectivity index is 2.35. The predicted octanol–water partition coefficient (Wildman–Crippen LogP) is 2.06.